The largest absolute Gasteiger partial charge is 0.491 e. The van der Waals surface area contributed by atoms with E-state index in [1.807, 2.05) is 0 Å². The molecule has 33 heavy (non-hydrogen) atoms. The van der Waals surface area contributed by atoms with Gasteiger partial charge in [0.2, 0.25) is 5.82 Å². The van der Waals surface area contributed by atoms with Gasteiger partial charge in [-0.3, -0.25) is 0 Å². The summed E-state index contributed by atoms with van der Waals surface area (Å²) in [5.41, 5.74) is -0.870. The van der Waals surface area contributed by atoms with E-state index in [1.165, 1.54) is 12.1 Å². The summed E-state index contributed by atoms with van der Waals surface area (Å²) in [5.74, 6) is -4.98. The molecule has 0 heterocycles. The van der Waals surface area contributed by atoms with E-state index in [1.54, 1.807) is 6.92 Å². The van der Waals surface area contributed by atoms with Gasteiger partial charge in [0.25, 0.3) is 0 Å². The van der Waals surface area contributed by atoms with Crippen molar-refractivity contribution in [2.45, 2.75) is 70.5 Å². The zero-order valence-corrected chi connectivity index (χ0v) is 18.8. The number of hydrogen-bond donors (Lipinski definition) is 0. The summed E-state index contributed by atoms with van der Waals surface area (Å²) in [5, 5.41) is 0. The fourth-order valence-corrected chi connectivity index (χ4v) is 4.06. The minimum absolute atomic E-state index is 0.0387. The highest BCUT2D eigenvalue weighted by Gasteiger charge is 2.40. The normalized spacial score (nSPS) is 18.9. The van der Waals surface area contributed by atoms with E-state index in [2.05, 4.69) is 11.7 Å². The van der Waals surface area contributed by atoms with Crippen LogP contribution >= 0.6 is 0 Å². The summed E-state index contributed by atoms with van der Waals surface area (Å²) in [6.07, 6.45) is 1.13. The van der Waals surface area contributed by atoms with Gasteiger partial charge in [-0.1, -0.05) is 19.4 Å². The fourth-order valence-electron chi connectivity index (χ4n) is 4.06. The molecule has 8 heteroatoms. The standard InChI is InChI=1S/C25H29F5O3/c1-3-5-14-32-17-8-6-16(7-9-17)19-11-10-18(15-21(19)26)33-25(29,30)20-12-13-22(31-4-2)24(28)23(20)27/h10-13,15-17H,3-9,14H2,1-2H3. The Morgan fingerprint density at radius 3 is 2.30 bits per heavy atom. The van der Waals surface area contributed by atoms with E-state index >= 15 is 0 Å². The minimum atomic E-state index is -4.21. The van der Waals surface area contributed by atoms with Crippen LogP contribution in [0.15, 0.2) is 30.3 Å². The molecule has 182 valence electrons. The highest BCUT2D eigenvalue weighted by molar-refractivity contribution is 5.35. The molecular weight excluding hydrogens is 443 g/mol. The van der Waals surface area contributed by atoms with Gasteiger partial charge in [-0.15, -0.1) is 0 Å². The third-order valence-corrected chi connectivity index (χ3v) is 5.84. The number of ether oxygens (including phenoxy) is 3. The molecule has 0 saturated heterocycles. The van der Waals surface area contributed by atoms with Crippen molar-refractivity contribution in [2.24, 2.45) is 0 Å². The molecule has 1 saturated carbocycles. The van der Waals surface area contributed by atoms with Gasteiger partial charge in [0, 0.05) is 12.7 Å². The van der Waals surface area contributed by atoms with Crippen LogP contribution in [0.25, 0.3) is 0 Å². The lowest BCUT2D eigenvalue weighted by Gasteiger charge is -2.29. The first-order chi connectivity index (χ1) is 15.8. The topological polar surface area (TPSA) is 27.7 Å². The van der Waals surface area contributed by atoms with Crippen LogP contribution in [0.2, 0.25) is 0 Å². The summed E-state index contributed by atoms with van der Waals surface area (Å²) in [4.78, 5) is 0. The Bertz CT molecular complexity index is 926. The smallest absolute Gasteiger partial charge is 0.429 e. The Labute approximate surface area is 190 Å². The molecule has 0 spiro atoms. The van der Waals surface area contributed by atoms with E-state index in [9.17, 15) is 22.0 Å². The van der Waals surface area contributed by atoms with Crippen LogP contribution < -0.4 is 9.47 Å². The van der Waals surface area contributed by atoms with Gasteiger partial charge >= 0.3 is 6.11 Å². The molecule has 2 aromatic rings. The molecule has 0 unspecified atom stereocenters. The molecule has 0 bridgehead atoms. The number of halogens is 5. The molecule has 1 aliphatic rings. The van der Waals surface area contributed by atoms with Crippen LogP contribution in [0.5, 0.6) is 11.5 Å². The van der Waals surface area contributed by atoms with Gasteiger partial charge in [0.15, 0.2) is 11.6 Å². The molecule has 1 fully saturated rings. The average molecular weight is 472 g/mol. The second-order valence-corrected chi connectivity index (χ2v) is 8.17. The van der Waals surface area contributed by atoms with Crippen molar-refractivity contribution in [3.8, 4) is 11.5 Å². The Morgan fingerprint density at radius 2 is 1.67 bits per heavy atom. The quantitative estimate of drug-likeness (QED) is 0.265. The van der Waals surface area contributed by atoms with Crippen molar-refractivity contribution >= 4 is 0 Å². The highest BCUT2D eigenvalue weighted by atomic mass is 19.3. The molecule has 0 amide bonds. The number of hydrogen-bond acceptors (Lipinski definition) is 3. The maximum atomic E-state index is 14.7. The zero-order valence-electron chi connectivity index (χ0n) is 18.8. The van der Waals surface area contributed by atoms with Crippen LogP contribution in [0.4, 0.5) is 22.0 Å². The van der Waals surface area contributed by atoms with E-state index in [-0.39, 0.29) is 18.6 Å². The summed E-state index contributed by atoms with van der Waals surface area (Å²) in [6.45, 7) is 4.41. The number of rotatable bonds is 10. The summed E-state index contributed by atoms with van der Waals surface area (Å²) >= 11 is 0. The molecule has 1 aliphatic carbocycles. The van der Waals surface area contributed by atoms with E-state index < -0.39 is 40.6 Å². The van der Waals surface area contributed by atoms with Gasteiger partial charge in [-0.25, -0.2) is 8.78 Å². The number of unbranched alkanes of at least 4 members (excludes halogenated alkanes) is 1. The first-order valence-electron chi connectivity index (χ1n) is 11.4. The van der Waals surface area contributed by atoms with Crippen LogP contribution in [0.3, 0.4) is 0 Å². The van der Waals surface area contributed by atoms with Gasteiger partial charge in [-0.2, -0.15) is 13.2 Å². The lowest BCUT2D eigenvalue weighted by Crippen LogP contribution is -2.24. The monoisotopic (exact) mass is 472 g/mol. The van der Waals surface area contributed by atoms with Crippen LogP contribution in [0, 0.1) is 17.5 Å². The highest BCUT2D eigenvalue weighted by Crippen LogP contribution is 2.39. The first-order valence-corrected chi connectivity index (χ1v) is 11.4. The van der Waals surface area contributed by atoms with Crippen LogP contribution in [-0.2, 0) is 10.8 Å². The summed E-state index contributed by atoms with van der Waals surface area (Å²) in [6, 6.07) is 5.09. The lowest BCUT2D eigenvalue weighted by molar-refractivity contribution is -0.187. The molecule has 3 nitrogen and oxygen atoms in total. The van der Waals surface area contributed by atoms with Gasteiger partial charge < -0.3 is 14.2 Å². The SMILES string of the molecule is CCCCOC1CCC(c2ccc(OC(F)(F)c3ccc(OCC)c(F)c3F)cc2F)CC1. The summed E-state index contributed by atoms with van der Waals surface area (Å²) in [7, 11) is 0. The van der Waals surface area contributed by atoms with Crippen molar-refractivity contribution in [2.75, 3.05) is 13.2 Å². The van der Waals surface area contributed by atoms with E-state index in [0.717, 1.165) is 57.3 Å². The van der Waals surface area contributed by atoms with E-state index in [0.29, 0.717) is 11.6 Å². The molecule has 0 atom stereocenters. The van der Waals surface area contributed by atoms with Crippen molar-refractivity contribution in [1.82, 2.24) is 0 Å². The Hall–Kier alpha value is -2.35. The van der Waals surface area contributed by atoms with Crippen molar-refractivity contribution in [3.05, 3.63) is 58.9 Å². The lowest BCUT2D eigenvalue weighted by atomic mass is 9.82. The van der Waals surface area contributed by atoms with Crippen molar-refractivity contribution < 1.29 is 36.2 Å². The summed E-state index contributed by atoms with van der Waals surface area (Å²) < 4.78 is 87.3. The molecule has 2 aromatic carbocycles. The van der Waals surface area contributed by atoms with Gasteiger partial charge in [0.05, 0.1) is 12.7 Å². The Morgan fingerprint density at radius 1 is 0.939 bits per heavy atom. The van der Waals surface area contributed by atoms with Crippen molar-refractivity contribution in [1.29, 1.82) is 0 Å². The third kappa shape index (κ3) is 6.16. The predicted octanol–water partition coefficient (Wildman–Crippen LogP) is 7.47. The third-order valence-electron chi connectivity index (χ3n) is 5.84. The van der Waals surface area contributed by atoms with Crippen molar-refractivity contribution in [3.63, 3.8) is 0 Å². The molecule has 0 aliphatic heterocycles. The van der Waals surface area contributed by atoms with Gasteiger partial charge in [0.1, 0.15) is 17.1 Å². The predicted molar refractivity (Wildman–Crippen MR) is 114 cm³/mol. The maximum absolute atomic E-state index is 14.7. The minimum Gasteiger partial charge on any atom is -0.491 e. The molecule has 0 aromatic heterocycles. The second-order valence-electron chi connectivity index (χ2n) is 8.17. The van der Waals surface area contributed by atoms with Gasteiger partial charge in [-0.05, 0) is 68.7 Å². The van der Waals surface area contributed by atoms with E-state index in [4.69, 9.17) is 9.47 Å². The Kier molecular flexibility index (Phi) is 8.57. The fraction of sp³-hybridized carbons (Fsp3) is 0.520. The number of benzene rings is 2. The van der Waals surface area contributed by atoms with Crippen LogP contribution in [-0.4, -0.2) is 19.3 Å². The number of alkyl halides is 2. The van der Waals surface area contributed by atoms with Crippen LogP contribution in [0.1, 0.15) is 69.4 Å². The molecule has 0 radical (unpaired) electrons. The maximum Gasteiger partial charge on any atom is 0.429 e. The molecule has 3 rings (SSSR count). The zero-order chi connectivity index (χ0) is 24.0. The second kappa shape index (κ2) is 11.2. The molecular formula is C25H29F5O3. The Balaban J connectivity index is 1.67. The average Bonchev–Trinajstić information content (AvgIpc) is 2.77. The first kappa shape index (κ1) is 25.3. The molecule has 0 N–H and O–H groups in total.